The number of hydrazone groups is 1. The molecule has 0 bridgehead atoms. The Bertz CT molecular complexity index is 1340. The van der Waals surface area contributed by atoms with Crippen LogP contribution >= 0.6 is 0 Å². The fraction of sp³-hybridized carbons (Fsp3) is 0.259. The number of anilines is 2. The van der Waals surface area contributed by atoms with E-state index in [2.05, 4.69) is 28.9 Å². The fourth-order valence-electron chi connectivity index (χ4n) is 4.37. The van der Waals surface area contributed by atoms with Crippen LogP contribution in [0, 0.1) is 5.92 Å². The molecule has 0 saturated heterocycles. The standard InChI is InChI=1S/C27H30N6O3/c1-16(2)24-21-8-6-5-7-19(21)15-31-33(24)23(34)10-9-18-11-17(13-22(35-3)25(18)36-4)12-20-14-30-27(29)32-26(20)28/h5-11,13-16,24H,12H2,1-4H3,(H4,28,29,30,32)/b10-9+/t24-/m0/s1. The third-order valence-electron chi connectivity index (χ3n) is 6.04. The quantitative estimate of drug-likeness (QED) is 0.486. The minimum absolute atomic E-state index is 0.119. The minimum atomic E-state index is -0.234. The van der Waals surface area contributed by atoms with Crippen molar-refractivity contribution in [3.8, 4) is 11.5 Å². The van der Waals surface area contributed by atoms with E-state index in [0.29, 0.717) is 29.3 Å². The highest BCUT2D eigenvalue weighted by atomic mass is 16.5. The third-order valence-corrected chi connectivity index (χ3v) is 6.04. The van der Waals surface area contributed by atoms with Gasteiger partial charge in [-0.3, -0.25) is 4.79 Å². The van der Waals surface area contributed by atoms with Crippen molar-refractivity contribution in [2.75, 3.05) is 25.7 Å². The molecule has 0 spiro atoms. The van der Waals surface area contributed by atoms with Crippen molar-refractivity contribution >= 4 is 30.0 Å². The largest absolute Gasteiger partial charge is 0.493 e. The van der Waals surface area contributed by atoms with Crippen molar-refractivity contribution in [1.29, 1.82) is 0 Å². The van der Waals surface area contributed by atoms with E-state index in [1.165, 1.54) is 11.1 Å². The molecule has 4 N–H and O–H groups in total. The number of carbonyl (C=O) groups excluding carboxylic acids is 1. The van der Waals surface area contributed by atoms with E-state index in [1.807, 2.05) is 36.4 Å². The lowest BCUT2D eigenvalue weighted by atomic mass is 9.91. The van der Waals surface area contributed by atoms with Crippen LogP contribution < -0.4 is 20.9 Å². The number of hydrogen-bond acceptors (Lipinski definition) is 8. The molecule has 0 fully saturated rings. The summed E-state index contributed by atoms with van der Waals surface area (Å²) in [6.45, 7) is 4.16. The zero-order chi connectivity index (χ0) is 25.8. The van der Waals surface area contributed by atoms with E-state index in [-0.39, 0.29) is 23.8 Å². The van der Waals surface area contributed by atoms with Crippen LogP contribution in [-0.4, -0.2) is 41.3 Å². The second-order valence-corrected chi connectivity index (χ2v) is 8.81. The summed E-state index contributed by atoms with van der Waals surface area (Å²) in [5.41, 5.74) is 16.0. The number of benzene rings is 2. The molecule has 0 saturated carbocycles. The lowest BCUT2D eigenvalue weighted by Crippen LogP contribution is -2.35. The maximum Gasteiger partial charge on any atom is 0.267 e. The normalized spacial score (nSPS) is 14.8. The first-order chi connectivity index (χ1) is 17.3. The number of amides is 1. The average molecular weight is 487 g/mol. The number of fused-ring (bicyclic) bond motifs is 1. The van der Waals surface area contributed by atoms with Gasteiger partial charge in [-0.2, -0.15) is 10.1 Å². The summed E-state index contributed by atoms with van der Waals surface area (Å²) in [6.07, 6.45) is 6.99. The number of ether oxygens (including phenoxy) is 2. The Labute approximate surface area is 210 Å². The second-order valence-electron chi connectivity index (χ2n) is 8.81. The summed E-state index contributed by atoms with van der Waals surface area (Å²) < 4.78 is 11.2. The lowest BCUT2D eigenvalue weighted by molar-refractivity contribution is -0.129. The Balaban J connectivity index is 1.66. The van der Waals surface area contributed by atoms with Gasteiger partial charge >= 0.3 is 0 Å². The molecule has 36 heavy (non-hydrogen) atoms. The molecule has 0 radical (unpaired) electrons. The molecular weight excluding hydrogens is 456 g/mol. The number of carbonyl (C=O) groups is 1. The third kappa shape index (κ3) is 5.00. The Morgan fingerprint density at radius 2 is 1.94 bits per heavy atom. The van der Waals surface area contributed by atoms with Crippen molar-refractivity contribution < 1.29 is 14.3 Å². The summed E-state index contributed by atoms with van der Waals surface area (Å²) in [5.74, 6) is 1.41. The number of hydrogen-bond donors (Lipinski definition) is 2. The molecule has 3 aromatic rings. The van der Waals surface area contributed by atoms with Crippen LogP contribution in [0.2, 0.25) is 0 Å². The highest BCUT2D eigenvalue weighted by molar-refractivity contribution is 5.95. The van der Waals surface area contributed by atoms with Gasteiger partial charge in [0, 0.05) is 29.8 Å². The summed E-state index contributed by atoms with van der Waals surface area (Å²) in [4.78, 5) is 21.4. The van der Waals surface area contributed by atoms with Crippen molar-refractivity contribution in [2.24, 2.45) is 11.0 Å². The lowest BCUT2D eigenvalue weighted by Gasteiger charge is -2.33. The molecule has 9 heteroatoms. The van der Waals surface area contributed by atoms with Gasteiger partial charge in [0.15, 0.2) is 11.5 Å². The van der Waals surface area contributed by atoms with Gasteiger partial charge < -0.3 is 20.9 Å². The first-order valence-corrected chi connectivity index (χ1v) is 11.6. The molecule has 2 aromatic carbocycles. The summed E-state index contributed by atoms with van der Waals surface area (Å²) in [7, 11) is 3.12. The van der Waals surface area contributed by atoms with E-state index in [4.69, 9.17) is 20.9 Å². The number of aromatic nitrogens is 2. The SMILES string of the molecule is COc1cc(Cc2cnc(N)nc2N)cc(/C=C/C(=O)N2N=Cc3ccccc3[C@@H]2C(C)C)c1OC. The number of nitrogens with zero attached hydrogens (tertiary/aromatic N) is 4. The number of methoxy groups -OCH3 is 2. The Morgan fingerprint density at radius 1 is 1.17 bits per heavy atom. The molecule has 0 unspecified atom stereocenters. The smallest absolute Gasteiger partial charge is 0.267 e. The maximum atomic E-state index is 13.3. The van der Waals surface area contributed by atoms with Crippen LogP contribution in [0.15, 0.2) is 53.8 Å². The predicted molar refractivity (Wildman–Crippen MR) is 141 cm³/mol. The van der Waals surface area contributed by atoms with E-state index < -0.39 is 0 Å². The molecule has 1 amide bonds. The van der Waals surface area contributed by atoms with Crippen LogP contribution in [0.1, 0.15) is 47.7 Å². The molecule has 186 valence electrons. The van der Waals surface area contributed by atoms with Crippen LogP contribution in [0.3, 0.4) is 0 Å². The number of nitrogen functional groups attached to an aromatic ring is 2. The molecule has 9 nitrogen and oxygen atoms in total. The topological polar surface area (TPSA) is 129 Å². The molecule has 1 aliphatic rings. The summed E-state index contributed by atoms with van der Waals surface area (Å²) in [5, 5.41) is 6.00. The Kier molecular flexibility index (Phi) is 7.19. The zero-order valence-corrected chi connectivity index (χ0v) is 20.8. The molecular formula is C27H30N6O3. The maximum absolute atomic E-state index is 13.3. The van der Waals surface area contributed by atoms with Gasteiger partial charge in [-0.1, -0.05) is 38.1 Å². The number of nitrogens with two attached hydrogens (primary N) is 2. The molecule has 2 heterocycles. The van der Waals surface area contributed by atoms with Gasteiger partial charge in [0.2, 0.25) is 5.95 Å². The van der Waals surface area contributed by atoms with Gasteiger partial charge in [-0.15, -0.1) is 0 Å². The van der Waals surface area contributed by atoms with E-state index in [9.17, 15) is 4.79 Å². The van der Waals surface area contributed by atoms with Crippen molar-refractivity contribution in [1.82, 2.24) is 15.0 Å². The average Bonchev–Trinajstić information content (AvgIpc) is 2.87. The van der Waals surface area contributed by atoms with E-state index in [1.54, 1.807) is 32.7 Å². The summed E-state index contributed by atoms with van der Waals surface area (Å²) in [6, 6.07) is 11.6. The van der Waals surface area contributed by atoms with Crippen LogP contribution in [0.5, 0.6) is 11.5 Å². The monoisotopic (exact) mass is 486 g/mol. The first-order valence-electron chi connectivity index (χ1n) is 11.6. The number of rotatable bonds is 7. The Hall–Kier alpha value is -4.40. The Morgan fingerprint density at radius 3 is 2.64 bits per heavy atom. The molecule has 4 rings (SSSR count). The van der Waals surface area contributed by atoms with Gasteiger partial charge in [0.25, 0.3) is 5.91 Å². The minimum Gasteiger partial charge on any atom is -0.493 e. The highest BCUT2D eigenvalue weighted by Crippen LogP contribution is 2.36. The second kappa shape index (κ2) is 10.5. The van der Waals surface area contributed by atoms with Crippen molar-refractivity contribution in [3.63, 3.8) is 0 Å². The molecule has 1 atom stereocenters. The van der Waals surface area contributed by atoms with Crippen molar-refractivity contribution in [3.05, 3.63) is 76.5 Å². The van der Waals surface area contributed by atoms with Crippen LogP contribution in [0.4, 0.5) is 11.8 Å². The molecule has 0 aliphatic carbocycles. The van der Waals surface area contributed by atoms with Gasteiger partial charge in [-0.25, -0.2) is 9.99 Å². The van der Waals surface area contributed by atoms with E-state index in [0.717, 1.165) is 22.3 Å². The van der Waals surface area contributed by atoms with E-state index >= 15 is 0 Å². The summed E-state index contributed by atoms with van der Waals surface area (Å²) >= 11 is 0. The first kappa shape index (κ1) is 24.7. The van der Waals surface area contributed by atoms with Crippen LogP contribution in [0.25, 0.3) is 6.08 Å². The van der Waals surface area contributed by atoms with Crippen molar-refractivity contribution in [2.45, 2.75) is 26.3 Å². The fourth-order valence-corrected chi connectivity index (χ4v) is 4.37. The van der Waals surface area contributed by atoms with Gasteiger partial charge in [0.1, 0.15) is 5.82 Å². The molecule has 1 aliphatic heterocycles. The zero-order valence-electron chi connectivity index (χ0n) is 20.8. The molecule has 1 aromatic heterocycles. The van der Waals surface area contributed by atoms with Gasteiger partial charge in [-0.05, 0) is 40.8 Å². The predicted octanol–water partition coefficient (Wildman–Crippen LogP) is 3.84. The van der Waals surface area contributed by atoms with Gasteiger partial charge in [0.05, 0.1) is 26.5 Å². The van der Waals surface area contributed by atoms with Crippen LogP contribution in [-0.2, 0) is 11.2 Å². The highest BCUT2D eigenvalue weighted by Gasteiger charge is 2.30.